The molecule has 0 saturated carbocycles. The molecule has 2 rings (SSSR count). The van der Waals surface area contributed by atoms with E-state index in [0.717, 1.165) is 6.07 Å². The van der Waals surface area contributed by atoms with Gasteiger partial charge in [0.1, 0.15) is 11.6 Å². The van der Waals surface area contributed by atoms with Crippen molar-refractivity contribution in [3.05, 3.63) is 57.5 Å². The lowest BCUT2D eigenvalue weighted by Crippen LogP contribution is -2.33. The molecule has 0 radical (unpaired) electrons. The van der Waals surface area contributed by atoms with Crippen molar-refractivity contribution in [2.45, 2.75) is 19.0 Å². The normalized spacial score (nSPS) is 12.0. The second-order valence-electron chi connectivity index (χ2n) is 4.83. The number of halogens is 5. The summed E-state index contributed by atoms with van der Waals surface area (Å²) in [6.07, 6.45) is -5.74. The summed E-state index contributed by atoms with van der Waals surface area (Å²) >= 11 is 0. The summed E-state index contributed by atoms with van der Waals surface area (Å²) in [6, 6.07) is 6.50. The van der Waals surface area contributed by atoms with E-state index in [1.807, 2.05) is 0 Å². The van der Waals surface area contributed by atoms with Gasteiger partial charge in [-0.2, -0.15) is 27.2 Å². The summed E-state index contributed by atoms with van der Waals surface area (Å²) in [4.78, 5) is 14.1. The van der Waals surface area contributed by atoms with Gasteiger partial charge in [-0.05, 0) is 24.6 Å². The van der Waals surface area contributed by atoms with Crippen molar-refractivity contribution in [3.8, 4) is 17.2 Å². The van der Waals surface area contributed by atoms with Crippen LogP contribution >= 0.6 is 0 Å². The highest BCUT2D eigenvalue weighted by molar-refractivity contribution is 5.71. The van der Waals surface area contributed by atoms with Gasteiger partial charge in [-0.3, -0.25) is 4.79 Å². The SMILES string of the molecule is Cc1cc(-c2cccc(C(F)(F)C(F)(F)F)c2)c(C#N)c(=O)[nH]1. The largest absolute Gasteiger partial charge is 0.458 e. The molecule has 0 aliphatic carbocycles. The van der Waals surface area contributed by atoms with Crippen LogP contribution in [0.5, 0.6) is 0 Å². The lowest BCUT2D eigenvalue weighted by Gasteiger charge is -2.20. The Bertz CT molecular complexity index is 846. The minimum Gasteiger partial charge on any atom is -0.325 e. The number of nitrogens with one attached hydrogen (secondary N) is 1. The van der Waals surface area contributed by atoms with Gasteiger partial charge < -0.3 is 4.98 Å². The third kappa shape index (κ3) is 2.95. The molecule has 1 heterocycles. The zero-order valence-corrected chi connectivity index (χ0v) is 11.6. The Kier molecular flexibility index (Phi) is 3.99. The summed E-state index contributed by atoms with van der Waals surface area (Å²) in [5, 5.41) is 9.01. The molecular weight excluding hydrogens is 319 g/mol. The molecule has 1 aromatic carbocycles. The van der Waals surface area contributed by atoms with Gasteiger partial charge in [0.25, 0.3) is 5.56 Å². The summed E-state index contributed by atoms with van der Waals surface area (Å²) < 4.78 is 64.3. The number of alkyl halides is 5. The second-order valence-corrected chi connectivity index (χ2v) is 4.83. The third-order valence-corrected chi connectivity index (χ3v) is 3.17. The van der Waals surface area contributed by atoms with E-state index in [9.17, 15) is 26.7 Å². The van der Waals surface area contributed by atoms with Crippen LogP contribution in [0.2, 0.25) is 0 Å². The van der Waals surface area contributed by atoms with E-state index in [4.69, 9.17) is 5.26 Å². The number of aryl methyl sites for hydroxylation is 1. The molecule has 0 bridgehead atoms. The Morgan fingerprint density at radius 1 is 1.13 bits per heavy atom. The maximum Gasteiger partial charge on any atom is 0.458 e. The first-order valence-corrected chi connectivity index (χ1v) is 6.27. The highest BCUT2D eigenvalue weighted by Gasteiger charge is 2.58. The lowest BCUT2D eigenvalue weighted by molar-refractivity contribution is -0.289. The Morgan fingerprint density at radius 3 is 2.35 bits per heavy atom. The molecule has 3 nitrogen and oxygen atoms in total. The highest BCUT2D eigenvalue weighted by atomic mass is 19.4. The average Bonchev–Trinajstić information content (AvgIpc) is 2.45. The summed E-state index contributed by atoms with van der Waals surface area (Å²) in [5.41, 5.74) is -2.09. The highest BCUT2D eigenvalue weighted by Crippen LogP contribution is 2.44. The number of rotatable bonds is 2. The van der Waals surface area contributed by atoms with Gasteiger partial charge in [-0.1, -0.05) is 18.2 Å². The van der Waals surface area contributed by atoms with Crippen LogP contribution in [0.15, 0.2) is 35.1 Å². The van der Waals surface area contributed by atoms with Crippen LogP contribution in [-0.4, -0.2) is 11.2 Å². The molecule has 23 heavy (non-hydrogen) atoms. The number of H-pyrrole nitrogens is 1. The predicted octanol–water partition coefficient (Wildman–Crippen LogP) is 3.88. The van der Waals surface area contributed by atoms with Crippen molar-refractivity contribution < 1.29 is 22.0 Å². The zero-order chi connectivity index (χ0) is 17.4. The average molecular weight is 328 g/mol. The number of pyridine rings is 1. The standard InChI is InChI=1S/C15H9F5N2O/c1-8-5-11(12(7-21)13(23)22-8)9-3-2-4-10(6-9)14(16,17)15(18,19)20/h2-6H,1H3,(H,22,23). The molecule has 0 fully saturated rings. The van der Waals surface area contributed by atoms with Gasteiger partial charge >= 0.3 is 12.1 Å². The Balaban J connectivity index is 2.68. The fourth-order valence-corrected chi connectivity index (χ4v) is 2.07. The van der Waals surface area contributed by atoms with Gasteiger partial charge in [-0.25, -0.2) is 0 Å². The van der Waals surface area contributed by atoms with Crippen LogP contribution in [-0.2, 0) is 5.92 Å². The fraction of sp³-hybridized carbons (Fsp3) is 0.200. The first kappa shape index (κ1) is 16.7. The smallest absolute Gasteiger partial charge is 0.325 e. The number of aromatic nitrogens is 1. The first-order valence-electron chi connectivity index (χ1n) is 6.27. The summed E-state index contributed by atoms with van der Waals surface area (Å²) in [7, 11) is 0. The van der Waals surface area contributed by atoms with Crippen LogP contribution in [0.1, 0.15) is 16.8 Å². The van der Waals surface area contributed by atoms with E-state index in [-0.39, 0.29) is 16.7 Å². The number of aromatic amines is 1. The minimum absolute atomic E-state index is 0.00595. The molecule has 1 aromatic heterocycles. The van der Waals surface area contributed by atoms with Crippen LogP contribution in [0, 0.1) is 18.3 Å². The summed E-state index contributed by atoms with van der Waals surface area (Å²) in [5.74, 6) is -5.04. The fourth-order valence-electron chi connectivity index (χ4n) is 2.07. The molecule has 0 aliphatic heterocycles. The van der Waals surface area contributed by atoms with Crippen molar-refractivity contribution in [3.63, 3.8) is 0 Å². The van der Waals surface area contributed by atoms with E-state index in [1.165, 1.54) is 19.1 Å². The molecule has 0 amide bonds. The number of hydrogen-bond donors (Lipinski definition) is 1. The van der Waals surface area contributed by atoms with Gasteiger partial charge in [-0.15, -0.1) is 0 Å². The second kappa shape index (κ2) is 5.50. The lowest BCUT2D eigenvalue weighted by atomic mass is 9.97. The van der Waals surface area contributed by atoms with Gasteiger partial charge in [0.05, 0.1) is 0 Å². The molecule has 0 unspecified atom stereocenters. The maximum absolute atomic E-state index is 13.4. The molecule has 0 atom stereocenters. The number of benzene rings is 1. The number of nitrogens with zero attached hydrogens (tertiary/aromatic N) is 1. The Labute approximate surface area is 127 Å². The van der Waals surface area contributed by atoms with Crippen molar-refractivity contribution in [1.82, 2.24) is 4.98 Å². The van der Waals surface area contributed by atoms with E-state index in [2.05, 4.69) is 4.98 Å². The molecule has 2 aromatic rings. The Morgan fingerprint density at radius 2 is 1.78 bits per heavy atom. The minimum atomic E-state index is -5.74. The van der Waals surface area contributed by atoms with Gasteiger partial charge in [0, 0.05) is 16.8 Å². The predicted molar refractivity (Wildman–Crippen MR) is 71.9 cm³/mol. The zero-order valence-electron chi connectivity index (χ0n) is 11.6. The van der Waals surface area contributed by atoms with Crippen molar-refractivity contribution in [1.29, 1.82) is 5.26 Å². The first-order chi connectivity index (χ1) is 10.6. The van der Waals surface area contributed by atoms with E-state index < -0.39 is 23.2 Å². The van der Waals surface area contributed by atoms with Crippen molar-refractivity contribution in [2.24, 2.45) is 0 Å². The van der Waals surface area contributed by atoms with Gasteiger partial charge in [0.2, 0.25) is 0 Å². The van der Waals surface area contributed by atoms with Gasteiger partial charge in [0.15, 0.2) is 0 Å². The molecule has 1 N–H and O–H groups in total. The molecule has 0 aliphatic rings. The summed E-state index contributed by atoms with van der Waals surface area (Å²) in [6.45, 7) is 1.50. The molecule has 0 spiro atoms. The van der Waals surface area contributed by atoms with E-state index >= 15 is 0 Å². The van der Waals surface area contributed by atoms with E-state index in [1.54, 1.807) is 6.07 Å². The molecular formula is C15H9F5N2O. The number of hydrogen-bond acceptors (Lipinski definition) is 2. The topological polar surface area (TPSA) is 56.6 Å². The van der Waals surface area contributed by atoms with Crippen LogP contribution < -0.4 is 5.56 Å². The van der Waals surface area contributed by atoms with Crippen LogP contribution in [0.25, 0.3) is 11.1 Å². The van der Waals surface area contributed by atoms with Crippen LogP contribution in [0.3, 0.4) is 0 Å². The van der Waals surface area contributed by atoms with E-state index in [0.29, 0.717) is 17.8 Å². The van der Waals surface area contributed by atoms with Crippen molar-refractivity contribution >= 4 is 0 Å². The molecule has 0 saturated heterocycles. The number of nitriles is 1. The van der Waals surface area contributed by atoms with Crippen molar-refractivity contribution in [2.75, 3.05) is 0 Å². The molecule has 8 heteroatoms. The quantitative estimate of drug-likeness (QED) is 0.851. The third-order valence-electron chi connectivity index (χ3n) is 3.17. The van der Waals surface area contributed by atoms with Crippen LogP contribution in [0.4, 0.5) is 22.0 Å². The maximum atomic E-state index is 13.4. The Hall–Kier alpha value is -2.69. The molecule has 120 valence electrons. The monoisotopic (exact) mass is 328 g/mol.